The minimum atomic E-state index is -0.316. The molecule has 2 unspecified atom stereocenters. The summed E-state index contributed by atoms with van der Waals surface area (Å²) in [7, 11) is 0. The van der Waals surface area contributed by atoms with Crippen molar-refractivity contribution in [3.8, 4) is 0 Å². The predicted molar refractivity (Wildman–Crippen MR) is 79.9 cm³/mol. The van der Waals surface area contributed by atoms with Gasteiger partial charge in [-0.1, -0.05) is 6.92 Å². The highest BCUT2D eigenvalue weighted by Crippen LogP contribution is 2.25. The minimum Gasteiger partial charge on any atom is -0.465 e. The number of furan rings is 1. The summed E-state index contributed by atoms with van der Waals surface area (Å²) >= 11 is 0. The van der Waals surface area contributed by atoms with Gasteiger partial charge in [0.25, 0.3) is 0 Å². The van der Waals surface area contributed by atoms with E-state index in [1.807, 2.05) is 26.0 Å². The average Bonchev–Trinajstić information content (AvgIpc) is 2.92. The molecular formula is C15H25N3O3. The molecule has 1 fully saturated rings. The van der Waals surface area contributed by atoms with Crippen molar-refractivity contribution in [2.45, 2.75) is 32.4 Å². The van der Waals surface area contributed by atoms with Crippen LogP contribution in [0.2, 0.25) is 0 Å². The number of hydrogen-bond acceptors (Lipinski definition) is 5. The van der Waals surface area contributed by atoms with Crippen LogP contribution in [0.4, 0.5) is 0 Å². The van der Waals surface area contributed by atoms with Crippen molar-refractivity contribution in [3.63, 3.8) is 0 Å². The summed E-state index contributed by atoms with van der Waals surface area (Å²) in [5.41, 5.74) is 5.93. The van der Waals surface area contributed by atoms with Crippen molar-refractivity contribution in [2.75, 3.05) is 32.8 Å². The van der Waals surface area contributed by atoms with Gasteiger partial charge < -0.3 is 20.2 Å². The molecule has 1 amide bonds. The number of rotatable bonds is 6. The van der Waals surface area contributed by atoms with Crippen LogP contribution in [-0.2, 0) is 9.53 Å². The number of carbonyl (C=O) groups excluding carboxylic acids is 1. The van der Waals surface area contributed by atoms with Gasteiger partial charge in [-0.2, -0.15) is 0 Å². The molecule has 3 N–H and O–H groups in total. The second-order valence-electron chi connectivity index (χ2n) is 5.32. The molecule has 2 rings (SSSR count). The molecule has 0 aliphatic carbocycles. The quantitative estimate of drug-likeness (QED) is 0.812. The molecule has 0 aromatic carbocycles. The van der Waals surface area contributed by atoms with E-state index in [1.54, 1.807) is 0 Å². The van der Waals surface area contributed by atoms with E-state index in [4.69, 9.17) is 14.9 Å². The number of morpholine rings is 1. The summed E-state index contributed by atoms with van der Waals surface area (Å²) in [5.74, 6) is 1.66. The van der Waals surface area contributed by atoms with Crippen molar-refractivity contribution in [1.82, 2.24) is 10.2 Å². The van der Waals surface area contributed by atoms with Crippen LogP contribution in [0, 0.1) is 6.92 Å². The van der Waals surface area contributed by atoms with Crippen LogP contribution in [0.3, 0.4) is 0 Å². The second-order valence-corrected chi connectivity index (χ2v) is 5.32. The zero-order chi connectivity index (χ0) is 15.2. The third-order valence-corrected chi connectivity index (χ3v) is 3.73. The van der Waals surface area contributed by atoms with E-state index < -0.39 is 0 Å². The predicted octanol–water partition coefficient (Wildman–Crippen LogP) is 0.815. The van der Waals surface area contributed by atoms with E-state index in [0.29, 0.717) is 32.8 Å². The average molecular weight is 295 g/mol. The smallest absolute Gasteiger partial charge is 0.239 e. The monoisotopic (exact) mass is 295 g/mol. The second kappa shape index (κ2) is 7.59. The number of nitrogens with one attached hydrogen (secondary N) is 1. The molecule has 0 radical (unpaired) electrons. The summed E-state index contributed by atoms with van der Waals surface area (Å²) in [6, 6.07) is 3.44. The largest absolute Gasteiger partial charge is 0.465 e. The summed E-state index contributed by atoms with van der Waals surface area (Å²) in [4.78, 5) is 14.4. The Morgan fingerprint density at radius 2 is 2.38 bits per heavy atom. The van der Waals surface area contributed by atoms with Crippen molar-refractivity contribution in [1.29, 1.82) is 0 Å². The van der Waals surface area contributed by atoms with Gasteiger partial charge in [0.2, 0.25) is 5.91 Å². The van der Waals surface area contributed by atoms with Gasteiger partial charge in [-0.25, -0.2) is 0 Å². The fraction of sp³-hybridized carbons (Fsp3) is 0.667. The molecule has 6 nitrogen and oxygen atoms in total. The first-order valence-electron chi connectivity index (χ1n) is 7.55. The van der Waals surface area contributed by atoms with Gasteiger partial charge in [0.05, 0.1) is 19.3 Å². The number of nitrogens with zero attached hydrogens (tertiary/aromatic N) is 1. The molecule has 0 spiro atoms. The van der Waals surface area contributed by atoms with E-state index >= 15 is 0 Å². The van der Waals surface area contributed by atoms with Crippen molar-refractivity contribution >= 4 is 5.91 Å². The maximum absolute atomic E-state index is 12.3. The van der Waals surface area contributed by atoms with Gasteiger partial charge in [-0.05, 0) is 25.5 Å². The highest BCUT2D eigenvalue weighted by Gasteiger charge is 2.35. The number of carbonyl (C=O) groups is 1. The number of hydrogen-bond donors (Lipinski definition) is 2. The van der Waals surface area contributed by atoms with Gasteiger partial charge in [-0.3, -0.25) is 9.69 Å². The van der Waals surface area contributed by atoms with Crippen LogP contribution in [0.25, 0.3) is 0 Å². The third-order valence-electron chi connectivity index (χ3n) is 3.73. The molecule has 6 heteroatoms. The van der Waals surface area contributed by atoms with Crippen LogP contribution >= 0.6 is 0 Å². The Morgan fingerprint density at radius 1 is 1.57 bits per heavy atom. The molecule has 1 aromatic rings. The Morgan fingerprint density at radius 3 is 3.00 bits per heavy atom. The molecular weight excluding hydrogens is 270 g/mol. The molecule has 1 aliphatic rings. The fourth-order valence-corrected chi connectivity index (χ4v) is 2.63. The molecule has 118 valence electrons. The number of amides is 1. The summed E-state index contributed by atoms with van der Waals surface area (Å²) in [6.45, 7) is 6.69. The molecule has 1 saturated heterocycles. The molecule has 0 saturated carbocycles. The van der Waals surface area contributed by atoms with E-state index in [0.717, 1.165) is 17.9 Å². The lowest BCUT2D eigenvalue weighted by atomic mass is 10.1. The summed E-state index contributed by atoms with van der Waals surface area (Å²) < 4.78 is 11.2. The van der Waals surface area contributed by atoms with Crippen LogP contribution in [0.15, 0.2) is 16.5 Å². The lowest BCUT2D eigenvalue weighted by molar-refractivity contribution is -0.134. The van der Waals surface area contributed by atoms with E-state index in [-0.39, 0.29) is 18.0 Å². The van der Waals surface area contributed by atoms with Gasteiger partial charge in [0.15, 0.2) is 0 Å². The topological polar surface area (TPSA) is 80.7 Å². The van der Waals surface area contributed by atoms with Gasteiger partial charge >= 0.3 is 0 Å². The summed E-state index contributed by atoms with van der Waals surface area (Å²) in [6.07, 6.45) is 0.914. The maximum Gasteiger partial charge on any atom is 0.239 e. The molecule has 1 aliphatic heterocycles. The first-order valence-corrected chi connectivity index (χ1v) is 7.55. The Bertz CT molecular complexity index is 461. The Hall–Kier alpha value is -1.37. The van der Waals surface area contributed by atoms with Gasteiger partial charge in [0.1, 0.15) is 17.6 Å². The zero-order valence-corrected chi connectivity index (χ0v) is 12.8. The first-order chi connectivity index (χ1) is 10.2. The molecule has 2 atom stereocenters. The standard InChI is InChI=1S/C15H25N3O3/c1-3-6-17-15(19)13-10-20-8-7-18(13)12(9-16)14-5-4-11(2)21-14/h4-5,12-13H,3,6-10,16H2,1-2H3,(H,17,19). The molecule has 21 heavy (non-hydrogen) atoms. The van der Waals surface area contributed by atoms with Crippen molar-refractivity contribution in [2.24, 2.45) is 5.73 Å². The zero-order valence-electron chi connectivity index (χ0n) is 12.8. The first kappa shape index (κ1) is 16.0. The van der Waals surface area contributed by atoms with Crippen molar-refractivity contribution in [3.05, 3.63) is 23.7 Å². The molecule has 0 bridgehead atoms. The number of aryl methyl sites for hydroxylation is 1. The van der Waals surface area contributed by atoms with Crippen LogP contribution in [0.1, 0.15) is 30.9 Å². The van der Waals surface area contributed by atoms with E-state index in [1.165, 1.54) is 0 Å². The Labute approximate surface area is 125 Å². The lowest BCUT2D eigenvalue weighted by Gasteiger charge is -2.38. The molecule has 1 aromatic heterocycles. The van der Waals surface area contributed by atoms with Crippen LogP contribution < -0.4 is 11.1 Å². The van der Waals surface area contributed by atoms with E-state index in [2.05, 4.69) is 10.2 Å². The lowest BCUT2D eigenvalue weighted by Crippen LogP contribution is -2.55. The van der Waals surface area contributed by atoms with Crippen molar-refractivity contribution < 1.29 is 13.9 Å². The highest BCUT2D eigenvalue weighted by atomic mass is 16.5. The SMILES string of the molecule is CCCNC(=O)C1COCCN1C(CN)c1ccc(C)o1. The normalized spacial score (nSPS) is 21.2. The maximum atomic E-state index is 12.3. The fourth-order valence-electron chi connectivity index (χ4n) is 2.63. The van der Waals surface area contributed by atoms with Gasteiger partial charge in [-0.15, -0.1) is 0 Å². The highest BCUT2D eigenvalue weighted by molar-refractivity contribution is 5.82. The van der Waals surface area contributed by atoms with Crippen LogP contribution in [0.5, 0.6) is 0 Å². The molecule has 2 heterocycles. The van der Waals surface area contributed by atoms with Crippen LogP contribution in [-0.4, -0.2) is 49.7 Å². The Kier molecular flexibility index (Phi) is 5.78. The van der Waals surface area contributed by atoms with Gasteiger partial charge in [0, 0.05) is 19.6 Å². The number of ether oxygens (including phenoxy) is 1. The van der Waals surface area contributed by atoms with E-state index in [9.17, 15) is 4.79 Å². The minimum absolute atomic E-state index is 0.00159. The third kappa shape index (κ3) is 3.84. The summed E-state index contributed by atoms with van der Waals surface area (Å²) in [5, 5.41) is 2.94. The number of nitrogens with two attached hydrogens (primary N) is 1. The Balaban J connectivity index is 2.14.